The van der Waals surface area contributed by atoms with Crippen molar-refractivity contribution in [3.63, 3.8) is 0 Å². The van der Waals surface area contributed by atoms with E-state index in [1.165, 1.54) is 6.92 Å². The van der Waals surface area contributed by atoms with E-state index >= 15 is 0 Å². The average Bonchev–Trinajstić information content (AvgIpc) is 2.74. The standard InChI is InChI=1S/C16H13N3O3/c1-10(20)17-11-6-8-12(9-7-11)18-19-15(21)13-4-2-3-5-14(13)16(19)22/h2-9,18H,1H3,(H,17,20). The van der Waals surface area contributed by atoms with E-state index in [1.807, 2.05) is 0 Å². The van der Waals surface area contributed by atoms with E-state index < -0.39 is 0 Å². The highest BCUT2D eigenvalue weighted by Gasteiger charge is 2.35. The first-order chi connectivity index (χ1) is 10.6. The van der Waals surface area contributed by atoms with Crippen LogP contribution in [-0.4, -0.2) is 22.7 Å². The lowest BCUT2D eigenvalue weighted by molar-refractivity contribution is -0.114. The Morgan fingerprint density at radius 1 is 0.864 bits per heavy atom. The Labute approximate surface area is 126 Å². The molecule has 0 aromatic heterocycles. The van der Waals surface area contributed by atoms with Gasteiger partial charge in [0.05, 0.1) is 16.8 Å². The third-order valence-corrected chi connectivity index (χ3v) is 3.24. The molecule has 2 N–H and O–H groups in total. The maximum atomic E-state index is 12.2. The van der Waals surface area contributed by atoms with Gasteiger partial charge in [-0.1, -0.05) is 12.1 Å². The Morgan fingerprint density at radius 2 is 1.36 bits per heavy atom. The van der Waals surface area contributed by atoms with Gasteiger partial charge in [0.2, 0.25) is 5.91 Å². The topological polar surface area (TPSA) is 78.5 Å². The summed E-state index contributed by atoms with van der Waals surface area (Å²) in [5.74, 6) is -0.931. The summed E-state index contributed by atoms with van der Waals surface area (Å²) in [6.07, 6.45) is 0. The molecular formula is C16H13N3O3. The molecule has 6 heteroatoms. The zero-order chi connectivity index (χ0) is 15.7. The summed E-state index contributed by atoms with van der Waals surface area (Å²) in [4.78, 5) is 35.4. The van der Waals surface area contributed by atoms with Gasteiger partial charge in [0.25, 0.3) is 11.8 Å². The minimum Gasteiger partial charge on any atom is -0.326 e. The number of fused-ring (bicyclic) bond motifs is 1. The lowest BCUT2D eigenvalue weighted by Gasteiger charge is -2.16. The molecular weight excluding hydrogens is 282 g/mol. The highest BCUT2D eigenvalue weighted by molar-refractivity contribution is 6.21. The molecule has 3 amide bonds. The second kappa shape index (κ2) is 5.33. The monoisotopic (exact) mass is 295 g/mol. The van der Waals surface area contributed by atoms with Gasteiger partial charge in [-0.3, -0.25) is 19.8 Å². The van der Waals surface area contributed by atoms with E-state index in [-0.39, 0.29) is 17.7 Å². The molecule has 3 rings (SSSR count). The highest BCUT2D eigenvalue weighted by atomic mass is 16.2. The third kappa shape index (κ3) is 2.42. The zero-order valence-corrected chi connectivity index (χ0v) is 11.8. The van der Waals surface area contributed by atoms with Gasteiger partial charge in [0.1, 0.15) is 0 Å². The van der Waals surface area contributed by atoms with Gasteiger partial charge in [-0.15, -0.1) is 0 Å². The van der Waals surface area contributed by atoms with Crippen molar-refractivity contribution in [3.8, 4) is 0 Å². The summed E-state index contributed by atoms with van der Waals surface area (Å²) < 4.78 is 0. The van der Waals surface area contributed by atoms with Crippen LogP contribution in [0.3, 0.4) is 0 Å². The quantitative estimate of drug-likeness (QED) is 0.851. The molecule has 1 aliphatic rings. The summed E-state index contributed by atoms with van der Waals surface area (Å²) in [5, 5.41) is 3.63. The van der Waals surface area contributed by atoms with Gasteiger partial charge in [-0.05, 0) is 36.4 Å². The predicted molar refractivity (Wildman–Crippen MR) is 81.3 cm³/mol. The van der Waals surface area contributed by atoms with Crippen molar-refractivity contribution in [2.75, 3.05) is 10.7 Å². The fourth-order valence-electron chi connectivity index (χ4n) is 2.25. The average molecular weight is 295 g/mol. The van der Waals surface area contributed by atoms with Gasteiger partial charge in [-0.25, -0.2) is 0 Å². The van der Waals surface area contributed by atoms with Gasteiger partial charge in [0, 0.05) is 12.6 Å². The fourth-order valence-corrected chi connectivity index (χ4v) is 2.25. The molecule has 2 aromatic carbocycles. The second-order valence-electron chi connectivity index (χ2n) is 4.86. The van der Waals surface area contributed by atoms with Gasteiger partial charge < -0.3 is 5.32 Å². The summed E-state index contributed by atoms with van der Waals surface area (Å²) in [5.41, 5.74) is 4.77. The van der Waals surface area contributed by atoms with E-state index in [0.29, 0.717) is 22.5 Å². The van der Waals surface area contributed by atoms with E-state index in [0.717, 1.165) is 5.01 Å². The summed E-state index contributed by atoms with van der Waals surface area (Å²) in [6.45, 7) is 1.42. The van der Waals surface area contributed by atoms with Gasteiger partial charge >= 0.3 is 0 Å². The van der Waals surface area contributed by atoms with Crippen LogP contribution in [0, 0.1) is 0 Å². The van der Waals surface area contributed by atoms with E-state index in [1.54, 1.807) is 48.5 Å². The Bertz CT molecular complexity index is 733. The fraction of sp³-hybridized carbons (Fsp3) is 0.0625. The van der Waals surface area contributed by atoms with Crippen LogP contribution in [0.2, 0.25) is 0 Å². The van der Waals surface area contributed by atoms with Crippen LogP contribution in [0.25, 0.3) is 0 Å². The van der Waals surface area contributed by atoms with Crippen molar-refractivity contribution in [2.24, 2.45) is 0 Å². The molecule has 2 aromatic rings. The van der Waals surface area contributed by atoms with Gasteiger partial charge in [0.15, 0.2) is 0 Å². The molecule has 0 radical (unpaired) electrons. The van der Waals surface area contributed by atoms with Crippen LogP contribution in [0.4, 0.5) is 11.4 Å². The molecule has 22 heavy (non-hydrogen) atoms. The number of carbonyl (C=O) groups excluding carboxylic acids is 3. The molecule has 0 unspecified atom stereocenters. The van der Waals surface area contributed by atoms with Crippen molar-refractivity contribution in [1.29, 1.82) is 0 Å². The van der Waals surface area contributed by atoms with Crippen molar-refractivity contribution < 1.29 is 14.4 Å². The first kappa shape index (κ1) is 13.8. The smallest absolute Gasteiger partial charge is 0.280 e. The number of amides is 3. The maximum Gasteiger partial charge on any atom is 0.280 e. The summed E-state index contributed by atoms with van der Waals surface area (Å²) >= 11 is 0. The molecule has 0 bridgehead atoms. The third-order valence-electron chi connectivity index (χ3n) is 3.24. The Balaban J connectivity index is 1.78. The van der Waals surface area contributed by atoms with E-state index in [2.05, 4.69) is 10.7 Å². The van der Waals surface area contributed by atoms with Crippen molar-refractivity contribution >= 4 is 29.1 Å². The number of imide groups is 1. The second-order valence-corrected chi connectivity index (χ2v) is 4.86. The predicted octanol–water partition coefficient (Wildman–Crippen LogP) is 2.27. The van der Waals surface area contributed by atoms with Crippen LogP contribution in [0.15, 0.2) is 48.5 Å². The lowest BCUT2D eigenvalue weighted by Crippen LogP contribution is -2.35. The number of nitrogens with one attached hydrogen (secondary N) is 2. The van der Waals surface area contributed by atoms with E-state index in [9.17, 15) is 14.4 Å². The van der Waals surface area contributed by atoms with E-state index in [4.69, 9.17) is 0 Å². The van der Waals surface area contributed by atoms with Crippen molar-refractivity contribution in [1.82, 2.24) is 5.01 Å². The summed E-state index contributed by atoms with van der Waals surface area (Å²) in [6, 6.07) is 13.4. The summed E-state index contributed by atoms with van der Waals surface area (Å²) in [7, 11) is 0. The lowest BCUT2D eigenvalue weighted by atomic mass is 10.1. The zero-order valence-electron chi connectivity index (χ0n) is 11.8. The molecule has 1 heterocycles. The molecule has 6 nitrogen and oxygen atoms in total. The minimum atomic E-state index is -0.383. The van der Waals surface area contributed by atoms with Crippen molar-refractivity contribution in [3.05, 3.63) is 59.7 Å². The molecule has 0 atom stereocenters. The van der Waals surface area contributed by atoms with Crippen LogP contribution >= 0.6 is 0 Å². The number of anilines is 2. The SMILES string of the molecule is CC(=O)Nc1ccc(NN2C(=O)c3ccccc3C2=O)cc1. The number of hydrazine groups is 1. The number of nitrogens with zero attached hydrogens (tertiary/aromatic N) is 1. The van der Waals surface area contributed by atoms with Crippen LogP contribution in [0.1, 0.15) is 27.6 Å². The van der Waals surface area contributed by atoms with Crippen LogP contribution in [0.5, 0.6) is 0 Å². The molecule has 0 fully saturated rings. The number of hydrogen-bond donors (Lipinski definition) is 2. The maximum absolute atomic E-state index is 12.2. The molecule has 110 valence electrons. The van der Waals surface area contributed by atoms with Crippen LogP contribution < -0.4 is 10.7 Å². The molecule has 0 spiro atoms. The largest absolute Gasteiger partial charge is 0.326 e. The van der Waals surface area contributed by atoms with Crippen LogP contribution in [-0.2, 0) is 4.79 Å². The Hall–Kier alpha value is -3.15. The first-order valence-corrected chi connectivity index (χ1v) is 6.68. The molecule has 0 saturated carbocycles. The minimum absolute atomic E-state index is 0.166. The van der Waals surface area contributed by atoms with Gasteiger partial charge in [-0.2, -0.15) is 5.01 Å². The first-order valence-electron chi connectivity index (χ1n) is 6.68. The molecule has 0 aliphatic carbocycles. The highest BCUT2D eigenvalue weighted by Crippen LogP contribution is 2.23. The normalized spacial score (nSPS) is 13.0. The number of benzene rings is 2. The number of hydrogen-bond acceptors (Lipinski definition) is 4. The molecule has 1 aliphatic heterocycles. The molecule has 0 saturated heterocycles. The number of carbonyl (C=O) groups is 3. The number of rotatable bonds is 3. The Kier molecular flexibility index (Phi) is 3.34. The van der Waals surface area contributed by atoms with Crippen molar-refractivity contribution in [2.45, 2.75) is 6.92 Å². The Morgan fingerprint density at radius 3 is 1.86 bits per heavy atom.